The van der Waals surface area contributed by atoms with Crippen molar-refractivity contribution in [2.45, 2.75) is 39.3 Å². The molecule has 1 aromatic heterocycles. The Labute approximate surface area is 104 Å². The molecule has 1 aromatic rings. The van der Waals surface area contributed by atoms with Gasteiger partial charge in [-0.2, -0.15) is 0 Å². The van der Waals surface area contributed by atoms with Gasteiger partial charge in [0.1, 0.15) is 6.04 Å². The fourth-order valence-electron chi connectivity index (χ4n) is 2.21. The SMILES string of the molecule is Cc1cc(CN2C(=O)CCC2C(=O)O)c(C)s1. The van der Waals surface area contributed by atoms with Crippen molar-refractivity contribution in [3.8, 4) is 0 Å². The highest BCUT2D eigenvalue weighted by Gasteiger charge is 2.36. The second-order valence-corrected chi connectivity index (χ2v) is 5.81. The molecule has 2 heterocycles. The van der Waals surface area contributed by atoms with Crippen molar-refractivity contribution in [2.75, 3.05) is 0 Å². The summed E-state index contributed by atoms with van der Waals surface area (Å²) in [7, 11) is 0. The second kappa shape index (κ2) is 4.49. The number of carboxylic acids is 1. The van der Waals surface area contributed by atoms with Gasteiger partial charge in [-0.3, -0.25) is 4.79 Å². The maximum Gasteiger partial charge on any atom is 0.326 e. The van der Waals surface area contributed by atoms with E-state index in [9.17, 15) is 9.59 Å². The number of likely N-dealkylation sites (tertiary alicyclic amines) is 1. The molecular weight excluding hydrogens is 238 g/mol. The van der Waals surface area contributed by atoms with E-state index in [1.807, 2.05) is 19.9 Å². The molecule has 1 unspecified atom stereocenters. The Morgan fingerprint density at radius 2 is 2.29 bits per heavy atom. The monoisotopic (exact) mass is 253 g/mol. The predicted molar refractivity (Wildman–Crippen MR) is 65.0 cm³/mol. The predicted octanol–water partition coefficient (Wildman–Crippen LogP) is 1.94. The average Bonchev–Trinajstić information content (AvgIpc) is 2.73. The first kappa shape index (κ1) is 12.1. The van der Waals surface area contributed by atoms with Crippen molar-refractivity contribution in [3.63, 3.8) is 0 Å². The van der Waals surface area contributed by atoms with E-state index in [-0.39, 0.29) is 5.91 Å². The Bertz CT molecular complexity index is 466. The van der Waals surface area contributed by atoms with Gasteiger partial charge in [0.25, 0.3) is 0 Å². The molecule has 17 heavy (non-hydrogen) atoms. The summed E-state index contributed by atoms with van der Waals surface area (Å²) in [5, 5.41) is 9.06. The van der Waals surface area contributed by atoms with Crippen LogP contribution in [0.5, 0.6) is 0 Å². The third-order valence-corrected chi connectivity index (χ3v) is 4.11. The number of carboxylic acid groups (broad SMARTS) is 1. The molecule has 1 aliphatic heterocycles. The first-order chi connectivity index (χ1) is 7.99. The summed E-state index contributed by atoms with van der Waals surface area (Å²) in [4.78, 5) is 26.6. The molecule has 0 saturated carbocycles. The zero-order valence-corrected chi connectivity index (χ0v) is 10.7. The molecule has 1 atom stereocenters. The van der Waals surface area contributed by atoms with Crippen LogP contribution >= 0.6 is 11.3 Å². The van der Waals surface area contributed by atoms with Gasteiger partial charge in [-0.05, 0) is 31.9 Å². The van der Waals surface area contributed by atoms with Crippen molar-refractivity contribution in [3.05, 3.63) is 21.4 Å². The highest BCUT2D eigenvalue weighted by Crippen LogP contribution is 2.26. The second-order valence-electron chi connectivity index (χ2n) is 4.35. The smallest absolute Gasteiger partial charge is 0.326 e. The molecule has 0 spiro atoms. The van der Waals surface area contributed by atoms with Crippen LogP contribution in [0.4, 0.5) is 0 Å². The van der Waals surface area contributed by atoms with E-state index in [0.29, 0.717) is 19.4 Å². The minimum atomic E-state index is -0.902. The summed E-state index contributed by atoms with van der Waals surface area (Å²) in [5.41, 5.74) is 1.06. The van der Waals surface area contributed by atoms with Crippen molar-refractivity contribution in [2.24, 2.45) is 0 Å². The maximum absolute atomic E-state index is 11.7. The molecular formula is C12H15NO3S. The van der Waals surface area contributed by atoms with Crippen LogP contribution in [-0.4, -0.2) is 27.9 Å². The summed E-state index contributed by atoms with van der Waals surface area (Å²) in [6, 6.07) is 1.38. The summed E-state index contributed by atoms with van der Waals surface area (Å²) in [5.74, 6) is -0.957. The number of hydrogen-bond donors (Lipinski definition) is 1. The molecule has 5 heteroatoms. The van der Waals surface area contributed by atoms with Crippen molar-refractivity contribution < 1.29 is 14.7 Å². The van der Waals surface area contributed by atoms with Gasteiger partial charge in [-0.15, -0.1) is 11.3 Å². The molecule has 1 saturated heterocycles. The molecule has 0 radical (unpaired) electrons. The van der Waals surface area contributed by atoms with Crippen molar-refractivity contribution in [1.82, 2.24) is 4.90 Å². The fourth-order valence-corrected chi connectivity index (χ4v) is 3.15. The fraction of sp³-hybridized carbons (Fsp3) is 0.500. The molecule has 0 aromatic carbocycles. The standard InChI is InChI=1S/C12H15NO3S/c1-7-5-9(8(2)17-7)6-13-10(12(15)16)3-4-11(13)14/h5,10H,3-4,6H2,1-2H3,(H,15,16). The molecule has 92 valence electrons. The zero-order valence-electron chi connectivity index (χ0n) is 9.90. The maximum atomic E-state index is 11.7. The van der Waals surface area contributed by atoms with Crippen LogP contribution in [0.15, 0.2) is 6.07 Å². The highest BCUT2D eigenvalue weighted by molar-refractivity contribution is 7.12. The normalized spacial score (nSPS) is 20.0. The van der Waals surface area contributed by atoms with E-state index in [1.54, 1.807) is 11.3 Å². The molecule has 1 N–H and O–H groups in total. The highest BCUT2D eigenvalue weighted by atomic mass is 32.1. The molecule has 2 rings (SSSR count). The van der Waals surface area contributed by atoms with Gasteiger partial charge in [-0.1, -0.05) is 0 Å². The number of amides is 1. The van der Waals surface area contributed by atoms with Crippen molar-refractivity contribution >= 4 is 23.2 Å². The summed E-state index contributed by atoms with van der Waals surface area (Å²) >= 11 is 1.68. The number of hydrogen-bond acceptors (Lipinski definition) is 3. The number of thiophene rings is 1. The van der Waals surface area contributed by atoms with Crippen LogP contribution in [0, 0.1) is 13.8 Å². The van der Waals surface area contributed by atoms with Gasteiger partial charge in [0.05, 0.1) is 0 Å². The Hall–Kier alpha value is -1.36. The van der Waals surface area contributed by atoms with Gasteiger partial charge < -0.3 is 10.0 Å². The molecule has 0 bridgehead atoms. The number of carbonyl (C=O) groups excluding carboxylic acids is 1. The molecule has 1 fully saturated rings. The van der Waals surface area contributed by atoms with Crippen LogP contribution in [0.2, 0.25) is 0 Å². The van der Waals surface area contributed by atoms with E-state index in [1.165, 1.54) is 9.78 Å². The van der Waals surface area contributed by atoms with Gasteiger partial charge in [0.2, 0.25) is 5.91 Å². The Morgan fingerprint density at radius 1 is 1.59 bits per heavy atom. The number of nitrogens with zero attached hydrogens (tertiary/aromatic N) is 1. The number of carbonyl (C=O) groups is 2. The van der Waals surface area contributed by atoms with Crippen LogP contribution in [0.25, 0.3) is 0 Å². The first-order valence-electron chi connectivity index (χ1n) is 5.57. The third kappa shape index (κ3) is 2.34. The Balaban J connectivity index is 2.19. The topological polar surface area (TPSA) is 57.6 Å². The molecule has 4 nitrogen and oxygen atoms in total. The summed E-state index contributed by atoms with van der Waals surface area (Å²) < 4.78 is 0. The van der Waals surface area contributed by atoms with E-state index < -0.39 is 12.0 Å². The van der Waals surface area contributed by atoms with E-state index >= 15 is 0 Å². The molecule has 1 amide bonds. The van der Waals surface area contributed by atoms with Gasteiger partial charge in [-0.25, -0.2) is 4.79 Å². The van der Waals surface area contributed by atoms with Gasteiger partial charge in [0.15, 0.2) is 0 Å². The van der Waals surface area contributed by atoms with Crippen molar-refractivity contribution in [1.29, 1.82) is 0 Å². The average molecular weight is 253 g/mol. The Morgan fingerprint density at radius 3 is 2.82 bits per heavy atom. The lowest BCUT2D eigenvalue weighted by Crippen LogP contribution is -2.37. The van der Waals surface area contributed by atoms with E-state index in [0.717, 1.165) is 10.4 Å². The van der Waals surface area contributed by atoms with Gasteiger partial charge >= 0.3 is 5.97 Å². The van der Waals surface area contributed by atoms with E-state index in [2.05, 4.69) is 0 Å². The van der Waals surface area contributed by atoms with Crippen LogP contribution < -0.4 is 0 Å². The molecule has 0 aliphatic carbocycles. The first-order valence-corrected chi connectivity index (χ1v) is 6.39. The number of rotatable bonds is 3. The van der Waals surface area contributed by atoms with E-state index in [4.69, 9.17) is 5.11 Å². The summed E-state index contributed by atoms with van der Waals surface area (Å²) in [6.45, 7) is 4.44. The minimum Gasteiger partial charge on any atom is -0.480 e. The number of aryl methyl sites for hydroxylation is 2. The lowest BCUT2D eigenvalue weighted by Gasteiger charge is -2.21. The Kier molecular flexibility index (Phi) is 3.19. The van der Waals surface area contributed by atoms with Gasteiger partial charge in [0, 0.05) is 22.7 Å². The quantitative estimate of drug-likeness (QED) is 0.895. The largest absolute Gasteiger partial charge is 0.480 e. The minimum absolute atomic E-state index is 0.0550. The summed E-state index contributed by atoms with van der Waals surface area (Å²) in [6.07, 6.45) is 0.773. The lowest BCUT2D eigenvalue weighted by atomic mass is 10.2. The molecule has 1 aliphatic rings. The third-order valence-electron chi connectivity index (χ3n) is 3.10. The van der Waals surface area contributed by atoms with Crippen LogP contribution in [0.3, 0.4) is 0 Å². The number of aliphatic carboxylic acids is 1. The van der Waals surface area contributed by atoms with Crippen LogP contribution in [0.1, 0.15) is 28.2 Å². The van der Waals surface area contributed by atoms with Crippen LogP contribution in [-0.2, 0) is 16.1 Å². The lowest BCUT2D eigenvalue weighted by molar-refractivity contribution is -0.146. The zero-order chi connectivity index (χ0) is 12.6.